The van der Waals surface area contributed by atoms with Crippen LogP contribution in [0.25, 0.3) is 5.69 Å². The van der Waals surface area contributed by atoms with Crippen molar-refractivity contribution in [3.8, 4) is 5.69 Å². The summed E-state index contributed by atoms with van der Waals surface area (Å²) in [4.78, 5) is 0. The largest absolute Gasteiger partial charge is 0.358 e. The fourth-order valence-electron chi connectivity index (χ4n) is 1.76. The molecular weight excluding hydrogens is 318 g/mol. The average molecular weight is 334 g/mol. The zero-order valence-electron chi connectivity index (χ0n) is 12.1. The van der Waals surface area contributed by atoms with E-state index in [1.54, 1.807) is 17.0 Å². The lowest BCUT2D eigenvalue weighted by Crippen LogP contribution is -2.31. The Morgan fingerprint density at radius 2 is 2.18 bits per heavy atom. The van der Waals surface area contributed by atoms with Crippen molar-refractivity contribution >= 4 is 35.1 Å². The van der Waals surface area contributed by atoms with E-state index in [-0.39, 0.29) is 0 Å². The van der Waals surface area contributed by atoms with E-state index < -0.39 is 0 Å². The summed E-state index contributed by atoms with van der Waals surface area (Å²) in [5, 5.41) is 12.3. The number of hydrazone groups is 1. The maximum atomic E-state index is 6.38. The molecule has 1 heterocycles. The zero-order chi connectivity index (χ0) is 15.9. The van der Waals surface area contributed by atoms with Crippen LogP contribution in [0.15, 0.2) is 48.1 Å². The van der Waals surface area contributed by atoms with Gasteiger partial charge in [0.2, 0.25) is 0 Å². The Hall–Kier alpha value is -2.18. The molecule has 2 aromatic rings. The molecule has 0 spiro atoms. The third-order valence-corrected chi connectivity index (χ3v) is 3.41. The van der Waals surface area contributed by atoms with Crippen LogP contribution in [-0.2, 0) is 0 Å². The van der Waals surface area contributed by atoms with Crippen LogP contribution >= 0.6 is 23.8 Å². The quantitative estimate of drug-likeness (QED) is 0.382. The fraction of sp³-hybridized carbons (Fsp3) is 0.133. The van der Waals surface area contributed by atoms with Gasteiger partial charge < -0.3 is 5.32 Å². The molecule has 1 aromatic heterocycles. The lowest BCUT2D eigenvalue weighted by molar-refractivity contribution is 0.863. The number of hydrogen-bond acceptors (Lipinski definition) is 3. The summed E-state index contributed by atoms with van der Waals surface area (Å²) in [5.74, 6) is 0. The van der Waals surface area contributed by atoms with E-state index in [1.807, 2.05) is 37.3 Å². The predicted octanol–water partition coefficient (Wildman–Crippen LogP) is 2.82. The minimum absolute atomic E-state index is 0.417. The van der Waals surface area contributed by atoms with Crippen molar-refractivity contribution in [2.45, 2.75) is 6.92 Å². The number of hydrogen-bond donors (Lipinski definition) is 2. The van der Waals surface area contributed by atoms with Crippen molar-refractivity contribution in [1.82, 2.24) is 20.5 Å². The molecule has 0 bridgehead atoms. The van der Waals surface area contributed by atoms with Crippen molar-refractivity contribution in [2.24, 2.45) is 5.10 Å². The van der Waals surface area contributed by atoms with Crippen molar-refractivity contribution < 1.29 is 0 Å². The summed E-state index contributed by atoms with van der Waals surface area (Å²) in [7, 11) is 0. The predicted molar refractivity (Wildman–Crippen MR) is 94.8 cm³/mol. The summed E-state index contributed by atoms with van der Waals surface area (Å²) >= 11 is 11.4. The number of halogens is 1. The lowest BCUT2D eigenvalue weighted by Gasteiger charge is -2.03. The zero-order valence-corrected chi connectivity index (χ0v) is 13.7. The molecule has 0 unspecified atom stereocenters. The maximum absolute atomic E-state index is 6.38. The highest BCUT2D eigenvalue weighted by Crippen LogP contribution is 2.21. The molecule has 22 heavy (non-hydrogen) atoms. The molecule has 0 aliphatic rings. The molecule has 5 nitrogen and oxygen atoms in total. The SMILES string of the molecule is C=CCNC(=S)NN=Cc1c(C)nn(-c2ccccc2)c1Cl. The number of para-hydroxylation sites is 1. The summed E-state index contributed by atoms with van der Waals surface area (Å²) in [5.41, 5.74) is 5.13. The number of nitrogens with zero attached hydrogens (tertiary/aromatic N) is 3. The fourth-order valence-corrected chi connectivity index (χ4v) is 2.21. The number of rotatable bonds is 5. The third kappa shape index (κ3) is 3.93. The van der Waals surface area contributed by atoms with Gasteiger partial charge in [0.1, 0.15) is 5.15 Å². The Bertz CT molecular complexity index is 693. The molecule has 2 N–H and O–H groups in total. The Kier molecular flexibility index (Phi) is 5.68. The summed E-state index contributed by atoms with van der Waals surface area (Å²) < 4.78 is 1.67. The third-order valence-electron chi connectivity index (χ3n) is 2.82. The number of aromatic nitrogens is 2. The molecule has 0 radical (unpaired) electrons. The van der Waals surface area contributed by atoms with Gasteiger partial charge >= 0.3 is 0 Å². The van der Waals surface area contributed by atoms with Crippen LogP contribution in [0.3, 0.4) is 0 Å². The molecule has 0 fully saturated rings. The van der Waals surface area contributed by atoms with Gasteiger partial charge in [0.15, 0.2) is 5.11 Å². The summed E-state index contributed by atoms with van der Waals surface area (Å²) in [6.45, 7) is 6.05. The van der Waals surface area contributed by atoms with Crippen LogP contribution in [-0.4, -0.2) is 27.7 Å². The van der Waals surface area contributed by atoms with Gasteiger partial charge in [0.25, 0.3) is 0 Å². The Morgan fingerprint density at radius 3 is 2.86 bits per heavy atom. The van der Waals surface area contributed by atoms with Crippen LogP contribution in [0.1, 0.15) is 11.3 Å². The molecule has 1 aromatic carbocycles. The van der Waals surface area contributed by atoms with Crippen LogP contribution in [0, 0.1) is 6.92 Å². The second-order valence-electron chi connectivity index (χ2n) is 4.41. The topological polar surface area (TPSA) is 54.2 Å². The number of thiocarbonyl (C=S) groups is 1. The first-order valence-electron chi connectivity index (χ1n) is 6.62. The monoisotopic (exact) mass is 333 g/mol. The molecule has 114 valence electrons. The van der Waals surface area contributed by atoms with E-state index in [1.165, 1.54) is 0 Å². The molecule has 0 amide bonds. The van der Waals surface area contributed by atoms with Gasteiger partial charge in [-0.25, -0.2) is 4.68 Å². The van der Waals surface area contributed by atoms with Crippen molar-refractivity contribution in [3.63, 3.8) is 0 Å². The molecule has 0 atom stereocenters. The van der Waals surface area contributed by atoms with Crippen molar-refractivity contribution in [1.29, 1.82) is 0 Å². The van der Waals surface area contributed by atoms with E-state index in [9.17, 15) is 0 Å². The molecule has 0 saturated heterocycles. The van der Waals surface area contributed by atoms with Crippen LogP contribution in [0.4, 0.5) is 0 Å². The van der Waals surface area contributed by atoms with Gasteiger partial charge in [-0.15, -0.1) is 6.58 Å². The van der Waals surface area contributed by atoms with E-state index in [0.29, 0.717) is 16.8 Å². The first kappa shape index (κ1) is 16.2. The van der Waals surface area contributed by atoms with Gasteiger partial charge in [-0.1, -0.05) is 35.9 Å². The molecule has 7 heteroatoms. The maximum Gasteiger partial charge on any atom is 0.187 e. The van der Waals surface area contributed by atoms with E-state index in [0.717, 1.165) is 16.9 Å². The summed E-state index contributed by atoms with van der Waals surface area (Å²) in [6, 6.07) is 9.68. The average Bonchev–Trinajstić information content (AvgIpc) is 2.81. The first-order chi connectivity index (χ1) is 10.6. The second kappa shape index (κ2) is 7.72. The van der Waals surface area contributed by atoms with E-state index in [2.05, 4.69) is 27.5 Å². The highest BCUT2D eigenvalue weighted by molar-refractivity contribution is 7.80. The van der Waals surface area contributed by atoms with Crippen molar-refractivity contribution in [3.05, 3.63) is 59.4 Å². The molecular formula is C15H16ClN5S. The van der Waals surface area contributed by atoms with Gasteiger partial charge in [-0.05, 0) is 31.3 Å². The standard InChI is InChI=1S/C15H16ClN5S/c1-3-9-17-15(22)19-18-10-13-11(2)20-21(14(13)16)12-7-5-4-6-8-12/h3-8,10H,1,9H2,2H3,(H2,17,19,22). The highest BCUT2D eigenvalue weighted by Gasteiger charge is 2.12. The second-order valence-corrected chi connectivity index (χ2v) is 5.17. The smallest absolute Gasteiger partial charge is 0.187 e. The highest BCUT2D eigenvalue weighted by atomic mass is 35.5. The Labute approximate surface area is 139 Å². The molecule has 0 aliphatic heterocycles. The van der Waals surface area contributed by atoms with Crippen molar-refractivity contribution in [2.75, 3.05) is 6.54 Å². The lowest BCUT2D eigenvalue weighted by atomic mass is 10.3. The summed E-state index contributed by atoms with van der Waals surface area (Å²) in [6.07, 6.45) is 3.31. The molecule has 2 rings (SSSR count). The normalized spacial score (nSPS) is 10.6. The molecule has 0 saturated carbocycles. The first-order valence-corrected chi connectivity index (χ1v) is 7.40. The number of aryl methyl sites for hydroxylation is 1. The Balaban J connectivity index is 2.14. The van der Waals surface area contributed by atoms with Gasteiger partial charge in [0.05, 0.1) is 23.2 Å². The van der Waals surface area contributed by atoms with Crippen LogP contribution < -0.4 is 10.7 Å². The van der Waals surface area contributed by atoms with E-state index in [4.69, 9.17) is 23.8 Å². The van der Waals surface area contributed by atoms with Gasteiger partial charge in [0, 0.05) is 6.54 Å². The van der Waals surface area contributed by atoms with Crippen LogP contribution in [0.2, 0.25) is 5.15 Å². The van der Waals surface area contributed by atoms with Gasteiger partial charge in [-0.2, -0.15) is 10.2 Å². The number of nitrogens with one attached hydrogen (secondary N) is 2. The molecule has 0 aliphatic carbocycles. The minimum atomic E-state index is 0.417. The number of benzene rings is 1. The van der Waals surface area contributed by atoms with E-state index >= 15 is 0 Å². The van der Waals surface area contributed by atoms with Crippen LogP contribution in [0.5, 0.6) is 0 Å². The minimum Gasteiger partial charge on any atom is -0.358 e. The Morgan fingerprint density at radius 1 is 1.45 bits per heavy atom. The van der Waals surface area contributed by atoms with Gasteiger partial charge in [-0.3, -0.25) is 5.43 Å².